The van der Waals surface area contributed by atoms with Crippen LogP contribution < -0.4 is 5.73 Å². The van der Waals surface area contributed by atoms with E-state index in [9.17, 15) is 4.79 Å². The highest BCUT2D eigenvalue weighted by atomic mass is 79.9. The molecule has 0 aliphatic rings. The first-order chi connectivity index (χ1) is 6.65. The fourth-order valence-electron chi connectivity index (χ4n) is 1.26. The van der Waals surface area contributed by atoms with Gasteiger partial charge in [-0.25, -0.2) is 4.79 Å². The quantitative estimate of drug-likeness (QED) is 0.868. The van der Waals surface area contributed by atoms with Crippen LogP contribution in [0.25, 0.3) is 0 Å². The zero-order valence-electron chi connectivity index (χ0n) is 7.66. The SMILES string of the molecule is NCCCc1ccc(Br)cc1C(=O)O. The van der Waals surface area contributed by atoms with E-state index in [1.807, 2.05) is 12.1 Å². The molecule has 3 nitrogen and oxygen atoms in total. The molecule has 0 radical (unpaired) electrons. The van der Waals surface area contributed by atoms with E-state index in [-0.39, 0.29) is 0 Å². The van der Waals surface area contributed by atoms with Crippen LogP contribution in [0.1, 0.15) is 22.3 Å². The number of halogens is 1. The van der Waals surface area contributed by atoms with Gasteiger partial charge in [-0.2, -0.15) is 0 Å². The van der Waals surface area contributed by atoms with E-state index in [1.165, 1.54) is 0 Å². The summed E-state index contributed by atoms with van der Waals surface area (Å²) in [5.74, 6) is -0.890. The van der Waals surface area contributed by atoms with Gasteiger partial charge in [0, 0.05) is 4.47 Å². The first-order valence-electron chi connectivity index (χ1n) is 4.37. The first kappa shape index (κ1) is 11.2. The molecule has 14 heavy (non-hydrogen) atoms. The lowest BCUT2D eigenvalue weighted by Crippen LogP contribution is -2.05. The van der Waals surface area contributed by atoms with Crippen molar-refractivity contribution in [3.63, 3.8) is 0 Å². The van der Waals surface area contributed by atoms with E-state index in [2.05, 4.69) is 15.9 Å². The first-order valence-corrected chi connectivity index (χ1v) is 5.16. The summed E-state index contributed by atoms with van der Waals surface area (Å²) in [4.78, 5) is 10.9. The van der Waals surface area contributed by atoms with E-state index in [0.29, 0.717) is 18.5 Å². The van der Waals surface area contributed by atoms with Gasteiger partial charge in [0.05, 0.1) is 5.56 Å². The minimum atomic E-state index is -0.890. The average Bonchev–Trinajstić information content (AvgIpc) is 2.15. The van der Waals surface area contributed by atoms with Crippen molar-refractivity contribution in [3.8, 4) is 0 Å². The number of nitrogens with two attached hydrogens (primary N) is 1. The van der Waals surface area contributed by atoms with Crippen molar-refractivity contribution in [2.45, 2.75) is 12.8 Å². The summed E-state index contributed by atoms with van der Waals surface area (Å²) in [7, 11) is 0. The molecule has 0 heterocycles. The molecule has 0 aliphatic heterocycles. The summed E-state index contributed by atoms with van der Waals surface area (Å²) in [6.45, 7) is 0.578. The fourth-order valence-corrected chi connectivity index (χ4v) is 1.62. The number of hydrogen-bond donors (Lipinski definition) is 2. The molecule has 76 valence electrons. The molecule has 0 bridgehead atoms. The highest BCUT2D eigenvalue weighted by Gasteiger charge is 2.09. The second kappa shape index (κ2) is 5.12. The van der Waals surface area contributed by atoms with E-state index < -0.39 is 5.97 Å². The lowest BCUT2D eigenvalue weighted by Gasteiger charge is -2.05. The molecule has 0 aromatic heterocycles. The number of hydrogen-bond acceptors (Lipinski definition) is 2. The Kier molecular flexibility index (Phi) is 4.10. The Hall–Kier alpha value is -0.870. The predicted molar refractivity (Wildman–Crippen MR) is 58.5 cm³/mol. The minimum Gasteiger partial charge on any atom is -0.478 e. The van der Waals surface area contributed by atoms with Crippen LogP contribution in [-0.2, 0) is 6.42 Å². The normalized spacial score (nSPS) is 10.1. The molecule has 0 fully saturated rings. The van der Waals surface area contributed by atoms with Crippen LogP contribution in [0.15, 0.2) is 22.7 Å². The summed E-state index contributed by atoms with van der Waals surface area (Å²) < 4.78 is 0.784. The van der Waals surface area contributed by atoms with Crippen LogP contribution >= 0.6 is 15.9 Å². The summed E-state index contributed by atoms with van der Waals surface area (Å²) in [6.07, 6.45) is 1.52. The average molecular weight is 258 g/mol. The maximum Gasteiger partial charge on any atom is 0.336 e. The lowest BCUT2D eigenvalue weighted by atomic mass is 10.0. The largest absolute Gasteiger partial charge is 0.478 e. The smallest absolute Gasteiger partial charge is 0.336 e. The standard InChI is InChI=1S/C10H12BrNO2/c11-8-4-3-7(2-1-5-12)9(6-8)10(13)14/h3-4,6H,1-2,5,12H2,(H,13,14). The molecule has 0 spiro atoms. The Morgan fingerprint density at radius 2 is 2.21 bits per heavy atom. The van der Waals surface area contributed by atoms with Gasteiger partial charge in [-0.05, 0) is 37.1 Å². The third kappa shape index (κ3) is 2.82. The molecule has 0 atom stereocenters. The van der Waals surface area contributed by atoms with E-state index in [4.69, 9.17) is 10.8 Å². The van der Waals surface area contributed by atoms with Crippen molar-refractivity contribution in [2.24, 2.45) is 5.73 Å². The molecule has 0 amide bonds. The van der Waals surface area contributed by atoms with Crippen molar-refractivity contribution < 1.29 is 9.90 Å². The number of benzene rings is 1. The number of aryl methyl sites for hydroxylation is 1. The van der Waals surface area contributed by atoms with E-state index in [1.54, 1.807) is 6.07 Å². The summed E-state index contributed by atoms with van der Waals surface area (Å²) in [5.41, 5.74) is 6.57. The van der Waals surface area contributed by atoms with Crippen LogP contribution in [0.5, 0.6) is 0 Å². The Balaban J connectivity index is 2.96. The van der Waals surface area contributed by atoms with Gasteiger partial charge < -0.3 is 10.8 Å². The molecular weight excluding hydrogens is 246 g/mol. The van der Waals surface area contributed by atoms with Gasteiger partial charge in [0.15, 0.2) is 0 Å². The molecule has 3 N–H and O–H groups in total. The fraction of sp³-hybridized carbons (Fsp3) is 0.300. The Morgan fingerprint density at radius 3 is 2.79 bits per heavy atom. The van der Waals surface area contributed by atoms with Crippen molar-refractivity contribution >= 4 is 21.9 Å². The van der Waals surface area contributed by atoms with Gasteiger partial charge in [0.25, 0.3) is 0 Å². The maximum atomic E-state index is 10.9. The number of rotatable bonds is 4. The van der Waals surface area contributed by atoms with Gasteiger partial charge in [-0.15, -0.1) is 0 Å². The van der Waals surface area contributed by atoms with Gasteiger partial charge in [0.2, 0.25) is 0 Å². The molecule has 0 aliphatic carbocycles. The van der Waals surface area contributed by atoms with Crippen molar-refractivity contribution in [2.75, 3.05) is 6.54 Å². The van der Waals surface area contributed by atoms with E-state index >= 15 is 0 Å². The highest BCUT2D eigenvalue weighted by Crippen LogP contribution is 2.17. The zero-order valence-corrected chi connectivity index (χ0v) is 9.25. The molecule has 1 aromatic rings. The monoisotopic (exact) mass is 257 g/mol. The Morgan fingerprint density at radius 1 is 1.50 bits per heavy atom. The van der Waals surface area contributed by atoms with Crippen LogP contribution in [0, 0.1) is 0 Å². The van der Waals surface area contributed by atoms with Crippen LogP contribution in [0.3, 0.4) is 0 Å². The Bertz CT molecular complexity index is 339. The molecule has 1 aromatic carbocycles. The van der Waals surface area contributed by atoms with Crippen LogP contribution in [-0.4, -0.2) is 17.6 Å². The van der Waals surface area contributed by atoms with Crippen molar-refractivity contribution in [1.82, 2.24) is 0 Å². The number of carboxylic acids is 1. The molecule has 0 saturated heterocycles. The van der Waals surface area contributed by atoms with E-state index in [0.717, 1.165) is 16.5 Å². The lowest BCUT2D eigenvalue weighted by molar-refractivity contribution is 0.0695. The number of carbonyl (C=O) groups is 1. The topological polar surface area (TPSA) is 63.3 Å². The van der Waals surface area contributed by atoms with Gasteiger partial charge in [0.1, 0.15) is 0 Å². The summed E-state index contributed by atoms with van der Waals surface area (Å²) in [5, 5.41) is 8.94. The zero-order chi connectivity index (χ0) is 10.6. The highest BCUT2D eigenvalue weighted by molar-refractivity contribution is 9.10. The molecule has 0 saturated carbocycles. The second-order valence-corrected chi connectivity index (χ2v) is 3.91. The van der Waals surface area contributed by atoms with Crippen LogP contribution in [0.2, 0.25) is 0 Å². The van der Waals surface area contributed by atoms with Gasteiger partial charge >= 0.3 is 5.97 Å². The van der Waals surface area contributed by atoms with Gasteiger partial charge in [-0.3, -0.25) is 0 Å². The summed E-state index contributed by atoms with van der Waals surface area (Å²) in [6, 6.07) is 5.29. The minimum absolute atomic E-state index is 0.354. The maximum absolute atomic E-state index is 10.9. The summed E-state index contributed by atoms with van der Waals surface area (Å²) >= 11 is 3.24. The molecule has 0 unspecified atom stereocenters. The second-order valence-electron chi connectivity index (χ2n) is 3.00. The van der Waals surface area contributed by atoms with Gasteiger partial charge in [-0.1, -0.05) is 22.0 Å². The van der Waals surface area contributed by atoms with Crippen molar-refractivity contribution in [1.29, 1.82) is 0 Å². The van der Waals surface area contributed by atoms with Crippen molar-refractivity contribution in [3.05, 3.63) is 33.8 Å². The molecule has 1 rings (SSSR count). The number of aromatic carboxylic acids is 1. The number of carboxylic acid groups (broad SMARTS) is 1. The third-order valence-electron chi connectivity index (χ3n) is 1.95. The molecular formula is C10H12BrNO2. The molecule has 4 heteroatoms. The Labute approximate surface area is 91.1 Å². The van der Waals surface area contributed by atoms with Crippen LogP contribution in [0.4, 0.5) is 0 Å². The third-order valence-corrected chi connectivity index (χ3v) is 2.45. The predicted octanol–water partition coefficient (Wildman–Crippen LogP) is 2.04.